The zero-order valence-corrected chi connectivity index (χ0v) is 10.2. The third-order valence-corrected chi connectivity index (χ3v) is 2.78. The lowest BCUT2D eigenvalue weighted by molar-refractivity contribution is 0.296. The van der Waals surface area contributed by atoms with Crippen LogP contribution in [0.25, 0.3) is 0 Å². The molecule has 0 aliphatic carbocycles. The SMILES string of the molecule is CC(C)(C)c1nc(CN2CC[C@H](N)C2)no1. The van der Waals surface area contributed by atoms with Gasteiger partial charge < -0.3 is 10.3 Å². The third kappa shape index (κ3) is 2.59. The molecule has 1 aliphatic heterocycles. The molecule has 0 saturated carbocycles. The van der Waals surface area contributed by atoms with Gasteiger partial charge in [-0.05, 0) is 6.42 Å². The van der Waals surface area contributed by atoms with Crippen LogP contribution in [0.3, 0.4) is 0 Å². The molecule has 0 radical (unpaired) electrons. The van der Waals surface area contributed by atoms with Gasteiger partial charge in [-0.3, -0.25) is 4.90 Å². The van der Waals surface area contributed by atoms with Crippen LogP contribution in [0.2, 0.25) is 0 Å². The van der Waals surface area contributed by atoms with Crippen LogP contribution in [0.4, 0.5) is 0 Å². The number of likely N-dealkylation sites (tertiary alicyclic amines) is 1. The second-order valence-corrected chi connectivity index (χ2v) is 5.55. The Balaban J connectivity index is 1.98. The minimum absolute atomic E-state index is 0.0767. The van der Waals surface area contributed by atoms with Crippen molar-refractivity contribution in [2.45, 2.75) is 45.2 Å². The standard InChI is InChI=1S/C11H20N4O/c1-11(2,3)10-13-9(14-16-10)7-15-5-4-8(12)6-15/h8H,4-7,12H2,1-3H3/t8-/m0/s1. The van der Waals surface area contributed by atoms with Crippen molar-refractivity contribution < 1.29 is 4.52 Å². The van der Waals surface area contributed by atoms with E-state index in [4.69, 9.17) is 10.3 Å². The van der Waals surface area contributed by atoms with Crippen molar-refractivity contribution in [1.82, 2.24) is 15.0 Å². The number of nitrogens with zero attached hydrogens (tertiary/aromatic N) is 3. The molecular weight excluding hydrogens is 204 g/mol. The van der Waals surface area contributed by atoms with Gasteiger partial charge in [-0.2, -0.15) is 4.98 Å². The summed E-state index contributed by atoms with van der Waals surface area (Å²) >= 11 is 0. The van der Waals surface area contributed by atoms with E-state index >= 15 is 0 Å². The van der Waals surface area contributed by atoms with Gasteiger partial charge >= 0.3 is 0 Å². The monoisotopic (exact) mass is 224 g/mol. The zero-order valence-electron chi connectivity index (χ0n) is 10.2. The van der Waals surface area contributed by atoms with Crippen molar-refractivity contribution in [3.05, 3.63) is 11.7 Å². The smallest absolute Gasteiger partial charge is 0.232 e. The molecule has 1 aromatic rings. The van der Waals surface area contributed by atoms with E-state index in [-0.39, 0.29) is 5.41 Å². The van der Waals surface area contributed by atoms with E-state index in [1.807, 2.05) is 0 Å². The minimum atomic E-state index is -0.0767. The maximum atomic E-state index is 5.85. The highest BCUT2D eigenvalue weighted by molar-refractivity contribution is 4.98. The first-order valence-corrected chi connectivity index (χ1v) is 5.76. The molecule has 5 heteroatoms. The van der Waals surface area contributed by atoms with Gasteiger partial charge in [0, 0.05) is 24.5 Å². The third-order valence-electron chi connectivity index (χ3n) is 2.78. The highest BCUT2D eigenvalue weighted by Crippen LogP contribution is 2.20. The quantitative estimate of drug-likeness (QED) is 0.808. The Morgan fingerprint density at radius 1 is 1.50 bits per heavy atom. The van der Waals surface area contributed by atoms with Gasteiger partial charge in [0.25, 0.3) is 0 Å². The number of aromatic nitrogens is 2. The van der Waals surface area contributed by atoms with Crippen LogP contribution >= 0.6 is 0 Å². The number of hydrogen-bond donors (Lipinski definition) is 1. The van der Waals surface area contributed by atoms with Gasteiger partial charge in [-0.15, -0.1) is 0 Å². The highest BCUT2D eigenvalue weighted by atomic mass is 16.5. The molecule has 2 heterocycles. The fourth-order valence-electron chi connectivity index (χ4n) is 1.83. The van der Waals surface area contributed by atoms with Gasteiger partial charge in [0.2, 0.25) is 5.89 Å². The molecule has 0 amide bonds. The summed E-state index contributed by atoms with van der Waals surface area (Å²) in [4.78, 5) is 6.68. The zero-order chi connectivity index (χ0) is 11.8. The molecule has 0 unspecified atom stereocenters. The van der Waals surface area contributed by atoms with Crippen LogP contribution in [-0.4, -0.2) is 34.2 Å². The molecule has 0 aromatic carbocycles. The van der Waals surface area contributed by atoms with Crippen molar-refractivity contribution in [3.8, 4) is 0 Å². The fraction of sp³-hybridized carbons (Fsp3) is 0.818. The van der Waals surface area contributed by atoms with Crippen LogP contribution in [0.15, 0.2) is 4.52 Å². The van der Waals surface area contributed by atoms with E-state index in [9.17, 15) is 0 Å². The Labute approximate surface area is 96.0 Å². The maximum Gasteiger partial charge on any atom is 0.232 e. The first-order chi connectivity index (χ1) is 7.45. The summed E-state index contributed by atoms with van der Waals surface area (Å²) in [6.45, 7) is 8.90. The largest absolute Gasteiger partial charge is 0.339 e. The lowest BCUT2D eigenvalue weighted by atomic mass is 9.97. The van der Waals surface area contributed by atoms with E-state index in [0.717, 1.165) is 31.9 Å². The van der Waals surface area contributed by atoms with Crippen LogP contribution in [-0.2, 0) is 12.0 Å². The molecule has 0 bridgehead atoms. The molecule has 1 aliphatic rings. The summed E-state index contributed by atoms with van der Waals surface area (Å²) in [5.41, 5.74) is 5.77. The van der Waals surface area contributed by atoms with Crippen LogP contribution in [0, 0.1) is 0 Å². The average Bonchev–Trinajstić information content (AvgIpc) is 2.74. The van der Waals surface area contributed by atoms with E-state index in [1.165, 1.54) is 0 Å². The van der Waals surface area contributed by atoms with Crippen molar-refractivity contribution in [1.29, 1.82) is 0 Å². The fourth-order valence-corrected chi connectivity index (χ4v) is 1.83. The molecule has 1 atom stereocenters. The molecule has 2 N–H and O–H groups in total. The normalized spacial score (nSPS) is 22.9. The van der Waals surface area contributed by atoms with Gasteiger partial charge in [-0.25, -0.2) is 0 Å². The minimum Gasteiger partial charge on any atom is -0.339 e. The molecule has 90 valence electrons. The van der Waals surface area contributed by atoms with Gasteiger partial charge in [0.05, 0.1) is 6.54 Å². The van der Waals surface area contributed by atoms with Crippen molar-refractivity contribution in [3.63, 3.8) is 0 Å². The number of nitrogens with two attached hydrogens (primary N) is 1. The highest BCUT2D eigenvalue weighted by Gasteiger charge is 2.24. The summed E-state index contributed by atoms with van der Waals surface area (Å²) in [7, 11) is 0. The lowest BCUT2D eigenvalue weighted by Gasteiger charge is -2.12. The second-order valence-electron chi connectivity index (χ2n) is 5.55. The van der Waals surface area contributed by atoms with Crippen LogP contribution < -0.4 is 5.73 Å². The van der Waals surface area contributed by atoms with Gasteiger partial charge in [-0.1, -0.05) is 25.9 Å². The molecule has 1 aromatic heterocycles. The van der Waals surface area contributed by atoms with Gasteiger partial charge in [0.1, 0.15) is 0 Å². The van der Waals surface area contributed by atoms with Gasteiger partial charge in [0.15, 0.2) is 5.82 Å². The molecule has 16 heavy (non-hydrogen) atoms. The Morgan fingerprint density at radius 2 is 2.25 bits per heavy atom. The van der Waals surface area contributed by atoms with Crippen molar-refractivity contribution >= 4 is 0 Å². The molecule has 2 rings (SSSR count). The Morgan fingerprint density at radius 3 is 2.75 bits per heavy atom. The second kappa shape index (κ2) is 4.14. The maximum absolute atomic E-state index is 5.85. The van der Waals surface area contributed by atoms with E-state index in [2.05, 4.69) is 35.8 Å². The molecule has 1 fully saturated rings. The first-order valence-electron chi connectivity index (χ1n) is 5.76. The predicted octanol–water partition coefficient (Wildman–Crippen LogP) is 0.900. The molecule has 5 nitrogen and oxygen atoms in total. The topological polar surface area (TPSA) is 68.2 Å². The number of rotatable bonds is 2. The van der Waals surface area contributed by atoms with E-state index in [0.29, 0.717) is 11.9 Å². The summed E-state index contributed by atoms with van der Waals surface area (Å²) in [6, 6.07) is 0.300. The predicted molar refractivity (Wildman–Crippen MR) is 60.9 cm³/mol. The Hall–Kier alpha value is -0.940. The lowest BCUT2D eigenvalue weighted by Crippen LogP contribution is -2.26. The summed E-state index contributed by atoms with van der Waals surface area (Å²) in [6.07, 6.45) is 1.06. The summed E-state index contributed by atoms with van der Waals surface area (Å²) in [5.74, 6) is 1.46. The average molecular weight is 224 g/mol. The molecule has 1 saturated heterocycles. The Bertz CT molecular complexity index is 355. The Kier molecular flexibility index (Phi) is 2.99. The first kappa shape index (κ1) is 11.5. The molecular formula is C11H20N4O. The van der Waals surface area contributed by atoms with E-state index in [1.54, 1.807) is 0 Å². The van der Waals surface area contributed by atoms with Crippen molar-refractivity contribution in [2.24, 2.45) is 5.73 Å². The summed E-state index contributed by atoms with van der Waals surface area (Å²) in [5, 5.41) is 4.00. The molecule has 0 spiro atoms. The number of hydrogen-bond acceptors (Lipinski definition) is 5. The van der Waals surface area contributed by atoms with Crippen LogP contribution in [0.1, 0.15) is 38.9 Å². The van der Waals surface area contributed by atoms with Crippen molar-refractivity contribution in [2.75, 3.05) is 13.1 Å². The van der Waals surface area contributed by atoms with E-state index < -0.39 is 0 Å². The summed E-state index contributed by atoms with van der Waals surface area (Å²) < 4.78 is 5.25. The van der Waals surface area contributed by atoms with Crippen LogP contribution in [0.5, 0.6) is 0 Å².